The van der Waals surface area contributed by atoms with E-state index in [1.54, 1.807) is 11.6 Å². The second-order valence-corrected chi connectivity index (χ2v) is 6.18. The van der Waals surface area contributed by atoms with Crippen molar-refractivity contribution in [2.45, 2.75) is 5.03 Å². The minimum Gasteiger partial charge on any atom is -0.284 e. The van der Waals surface area contributed by atoms with E-state index in [1.807, 2.05) is 0 Å². The predicted octanol–water partition coefficient (Wildman–Crippen LogP) is 1.57. The Balaban J connectivity index is 2.13. The fraction of sp³-hybridized carbons (Fsp3) is 0. The molecule has 3 aromatic rings. The summed E-state index contributed by atoms with van der Waals surface area (Å²) >= 11 is 7.17. The van der Waals surface area contributed by atoms with Gasteiger partial charge >= 0.3 is 0 Å². The lowest BCUT2D eigenvalue weighted by atomic mass is 10.6. The smallest absolute Gasteiger partial charge is 0.281 e. The third-order valence-corrected chi connectivity index (χ3v) is 4.72. The third-order valence-electron chi connectivity index (χ3n) is 2.18. The Bertz CT molecular complexity index is 789. The molecule has 7 nitrogen and oxygen atoms in total. The molecule has 0 bridgehead atoms. The molecular formula is C8H6ClN5O2S2. The van der Waals surface area contributed by atoms with E-state index in [0.717, 1.165) is 0 Å². The largest absolute Gasteiger partial charge is 0.284 e. The van der Waals surface area contributed by atoms with Crippen molar-refractivity contribution in [2.75, 3.05) is 4.72 Å². The highest BCUT2D eigenvalue weighted by molar-refractivity contribution is 7.92. The summed E-state index contributed by atoms with van der Waals surface area (Å²) in [4.78, 5) is 4.49. The number of nitrogens with one attached hydrogen (secondary N) is 2. The maximum absolute atomic E-state index is 12.2. The van der Waals surface area contributed by atoms with Crippen molar-refractivity contribution in [1.29, 1.82) is 0 Å². The van der Waals surface area contributed by atoms with Crippen LogP contribution in [0.4, 0.5) is 5.69 Å². The first-order valence-corrected chi connectivity index (χ1v) is 7.44. The van der Waals surface area contributed by atoms with Gasteiger partial charge < -0.3 is 0 Å². The topological polar surface area (TPSA) is 92.1 Å². The van der Waals surface area contributed by atoms with Crippen molar-refractivity contribution < 1.29 is 8.42 Å². The summed E-state index contributed by atoms with van der Waals surface area (Å²) in [6, 6.07) is 0. The molecule has 3 heterocycles. The van der Waals surface area contributed by atoms with Crippen LogP contribution in [0.15, 0.2) is 29.0 Å². The van der Waals surface area contributed by atoms with E-state index in [9.17, 15) is 8.42 Å². The lowest BCUT2D eigenvalue weighted by Crippen LogP contribution is -2.14. The normalized spacial score (nSPS) is 12.1. The predicted molar refractivity (Wildman–Crippen MR) is 67.5 cm³/mol. The summed E-state index contributed by atoms with van der Waals surface area (Å²) in [7, 11) is -3.80. The van der Waals surface area contributed by atoms with Crippen LogP contribution in [0.25, 0.3) is 4.96 Å². The van der Waals surface area contributed by atoms with Gasteiger partial charge in [0.05, 0.1) is 11.9 Å². The van der Waals surface area contributed by atoms with E-state index in [1.165, 1.54) is 28.1 Å². The number of hydrogen-bond acceptors (Lipinski definition) is 5. The molecule has 0 radical (unpaired) electrons. The van der Waals surface area contributed by atoms with E-state index < -0.39 is 10.0 Å². The summed E-state index contributed by atoms with van der Waals surface area (Å²) < 4.78 is 28.2. The number of nitrogens with zero attached hydrogens (tertiary/aromatic N) is 3. The van der Waals surface area contributed by atoms with E-state index in [4.69, 9.17) is 11.6 Å². The zero-order valence-electron chi connectivity index (χ0n) is 8.66. The van der Waals surface area contributed by atoms with Crippen molar-refractivity contribution in [2.24, 2.45) is 0 Å². The van der Waals surface area contributed by atoms with Gasteiger partial charge in [-0.2, -0.15) is 13.5 Å². The number of rotatable bonds is 3. The highest BCUT2D eigenvalue weighted by Crippen LogP contribution is 2.26. The number of hydrogen-bond donors (Lipinski definition) is 2. The lowest BCUT2D eigenvalue weighted by Gasteiger charge is -2.04. The molecule has 10 heteroatoms. The van der Waals surface area contributed by atoms with Crippen molar-refractivity contribution >= 4 is 43.6 Å². The van der Waals surface area contributed by atoms with Gasteiger partial charge in [0, 0.05) is 17.8 Å². The zero-order valence-corrected chi connectivity index (χ0v) is 11.1. The van der Waals surface area contributed by atoms with Crippen molar-refractivity contribution in [3.63, 3.8) is 0 Å². The molecule has 18 heavy (non-hydrogen) atoms. The van der Waals surface area contributed by atoms with Gasteiger partial charge in [-0.25, -0.2) is 4.98 Å². The number of anilines is 1. The number of fused-ring (bicyclic) bond motifs is 1. The first-order chi connectivity index (χ1) is 8.58. The van der Waals surface area contributed by atoms with Crippen LogP contribution < -0.4 is 4.72 Å². The molecule has 0 fully saturated rings. The van der Waals surface area contributed by atoms with Crippen LogP contribution in [0, 0.1) is 0 Å². The van der Waals surface area contributed by atoms with Crippen LogP contribution in [0.5, 0.6) is 0 Å². The summed E-state index contributed by atoms with van der Waals surface area (Å²) in [6.07, 6.45) is 4.39. The fourth-order valence-corrected chi connectivity index (χ4v) is 3.98. The minimum absolute atomic E-state index is 0.0576. The highest BCUT2D eigenvalue weighted by atomic mass is 35.5. The van der Waals surface area contributed by atoms with Gasteiger partial charge in [0.1, 0.15) is 0 Å². The minimum atomic E-state index is -3.80. The number of aromatic nitrogens is 4. The first kappa shape index (κ1) is 11.5. The second kappa shape index (κ2) is 3.97. The van der Waals surface area contributed by atoms with Crippen LogP contribution >= 0.6 is 22.9 Å². The molecule has 3 aromatic heterocycles. The molecule has 2 N–H and O–H groups in total. The van der Waals surface area contributed by atoms with Gasteiger partial charge in [0.2, 0.25) is 0 Å². The molecule has 0 aliphatic carbocycles. The molecule has 0 aliphatic heterocycles. The molecule has 0 aromatic carbocycles. The molecule has 0 aliphatic rings. The van der Waals surface area contributed by atoms with Gasteiger partial charge in [0.15, 0.2) is 15.1 Å². The SMILES string of the molecule is O=S(=O)(Nc1cn[nH]c1)c1c(Cl)nc2sccn12. The van der Waals surface area contributed by atoms with E-state index in [-0.39, 0.29) is 10.2 Å². The van der Waals surface area contributed by atoms with Crippen molar-refractivity contribution in [3.8, 4) is 0 Å². The molecule has 3 rings (SSSR count). The monoisotopic (exact) mass is 303 g/mol. The van der Waals surface area contributed by atoms with Gasteiger partial charge in [-0.3, -0.25) is 14.2 Å². The summed E-state index contributed by atoms with van der Waals surface area (Å²) in [5.41, 5.74) is 0.330. The number of aromatic amines is 1. The standard InChI is InChI=1S/C8H6ClN5O2S2/c9-6-7(14-1-2-17-8(14)12-6)18(15,16)13-5-3-10-11-4-5/h1-4,13H,(H,10,11). The molecule has 0 amide bonds. The maximum atomic E-state index is 12.2. The fourth-order valence-electron chi connectivity index (χ4n) is 1.49. The van der Waals surface area contributed by atoms with E-state index in [0.29, 0.717) is 10.6 Å². The van der Waals surface area contributed by atoms with E-state index in [2.05, 4.69) is 19.9 Å². The molecular weight excluding hydrogens is 298 g/mol. The Morgan fingerprint density at radius 2 is 2.33 bits per heavy atom. The second-order valence-electron chi connectivity index (χ2n) is 3.36. The number of H-pyrrole nitrogens is 1. The first-order valence-electron chi connectivity index (χ1n) is 4.70. The van der Waals surface area contributed by atoms with Gasteiger partial charge in [0.25, 0.3) is 10.0 Å². The Morgan fingerprint density at radius 3 is 3.06 bits per heavy atom. The lowest BCUT2D eigenvalue weighted by molar-refractivity contribution is 0.597. The highest BCUT2D eigenvalue weighted by Gasteiger charge is 2.25. The Hall–Kier alpha value is -1.58. The Kier molecular flexibility index (Phi) is 2.54. The van der Waals surface area contributed by atoms with E-state index >= 15 is 0 Å². The number of halogens is 1. The zero-order chi connectivity index (χ0) is 12.8. The van der Waals surface area contributed by atoms with Crippen molar-refractivity contribution in [3.05, 3.63) is 29.1 Å². The summed E-state index contributed by atoms with van der Waals surface area (Å²) in [6.45, 7) is 0. The average molecular weight is 304 g/mol. The van der Waals surface area contributed by atoms with Crippen LogP contribution in [0.2, 0.25) is 5.15 Å². The quantitative estimate of drug-likeness (QED) is 0.768. The molecule has 94 valence electrons. The molecule has 0 saturated carbocycles. The Labute approximate surface area is 110 Å². The van der Waals surface area contributed by atoms with Crippen LogP contribution in [-0.2, 0) is 10.0 Å². The summed E-state index contributed by atoms with van der Waals surface area (Å²) in [5.74, 6) is 0. The summed E-state index contributed by atoms with van der Waals surface area (Å²) in [5, 5.41) is 7.76. The third kappa shape index (κ3) is 1.76. The van der Waals surface area contributed by atoms with Crippen LogP contribution in [0.3, 0.4) is 0 Å². The van der Waals surface area contributed by atoms with Gasteiger partial charge in [-0.15, -0.1) is 11.3 Å². The molecule has 0 atom stereocenters. The number of thiazole rings is 1. The van der Waals surface area contributed by atoms with Crippen LogP contribution in [-0.4, -0.2) is 28.0 Å². The van der Waals surface area contributed by atoms with Crippen LogP contribution in [0.1, 0.15) is 0 Å². The van der Waals surface area contributed by atoms with Gasteiger partial charge in [-0.1, -0.05) is 11.6 Å². The van der Waals surface area contributed by atoms with Crippen molar-refractivity contribution in [1.82, 2.24) is 19.6 Å². The Morgan fingerprint density at radius 1 is 1.50 bits per heavy atom. The number of imidazole rings is 1. The molecule has 0 saturated heterocycles. The average Bonchev–Trinajstić information content (AvgIpc) is 2.92. The van der Waals surface area contributed by atoms with Gasteiger partial charge in [-0.05, 0) is 0 Å². The number of sulfonamides is 1. The molecule has 0 unspecified atom stereocenters. The maximum Gasteiger partial charge on any atom is 0.281 e. The molecule has 0 spiro atoms.